The van der Waals surface area contributed by atoms with E-state index in [2.05, 4.69) is 19.2 Å². The molecule has 0 spiro atoms. The van der Waals surface area contributed by atoms with Gasteiger partial charge in [0, 0.05) is 25.1 Å². The molecule has 0 fully saturated rings. The van der Waals surface area contributed by atoms with Crippen LogP contribution in [-0.2, 0) is 14.3 Å². The van der Waals surface area contributed by atoms with Gasteiger partial charge in [0.25, 0.3) is 0 Å². The number of hydrogen-bond donors (Lipinski definition) is 2. The zero-order valence-electron chi connectivity index (χ0n) is 11.8. The molecule has 0 heterocycles. The molecule has 18 heavy (non-hydrogen) atoms. The van der Waals surface area contributed by atoms with Crippen LogP contribution < -0.4 is 5.32 Å². The summed E-state index contributed by atoms with van der Waals surface area (Å²) >= 11 is 0. The maximum Gasteiger partial charge on any atom is 0.332 e. The number of aliphatic hydroxyl groups excluding tert-OH is 1. The molecule has 0 aliphatic carbocycles. The first-order valence-electron chi connectivity index (χ1n) is 6.69. The Morgan fingerprint density at radius 1 is 1.28 bits per heavy atom. The van der Waals surface area contributed by atoms with Crippen LogP contribution in [0.25, 0.3) is 0 Å². The normalized spacial score (nSPS) is 11.6. The molecule has 0 atom stereocenters. The van der Waals surface area contributed by atoms with Crippen molar-refractivity contribution in [3.05, 3.63) is 0 Å². The van der Waals surface area contributed by atoms with Crippen LogP contribution in [0.5, 0.6) is 0 Å². The summed E-state index contributed by atoms with van der Waals surface area (Å²) in [4.78, 5) is 11.0. The van der Waals surface area contributed by atoms with E-state index in [4.69, 9.17) is 9.47 Å². The minimum atomic E-state index is -0.329. The fourth-order valence-electron chi connectivity index (χ4n) is 1.64. The molecule has 2 N–H and O–H groups in total. The summed E-state index contributed by atoms with van der Waals surface area (Å²) < 4.78 is 9.90. The lowest BCUT2D eigenvalue weighted by molar-refractivity contribution is -0.148. The summed E-state index contributed by atoms with van der Waals surface area (Å²) in [7, 11) is 0. The van der Waals surface area contributed by atoms with E-state index in [1.807, 2.05) is 0 Å². The average molecular weight is 261 g/mol. The van der Waals surface area contributed by atoms with Crippen LogP contribution >= 0.6 is 0 Å². The Balaban J connectivity index is 3.58. The lowest BCUT2D eigenvalue weighted by Gasteiger charge is -2.29. The quantitative estimate of drug-likeness (QED) is 0.428. The largest absolute Gasteiger partial charge is 0.464 e. The highest BCUT2D eigenvalue weighted by molar-refractivity contribution is 5.70. The predicted molar refractivity (Wildman–Crippen MR) is 70.4 cm³/mol. The third kappa shape index (κ3) is 6.93. The number of rotatable bonds is 11. The third-order valence-corrected chi connectivity index (χ3v) is 3.28. The van der Waals surface area contributed by atoms with Gasteiger partial charge in [-0.2, -0.15) is 0 Å². The zero-order chi connectivity index (χ0) is 13.9. The Morgan fingerprint density at radius 2 is 1.94 bits per heavy atom. The third-order valence-electron chi connectivity index (χ3n) is 3.28. The minimum Gasteiger partial charge on any atom is -0.464 e. The van der Waals surface area contributed by atoms with E-state index in [-0.39, 0.29) is 24.6 Å². The van der Waals surface area contributed by atoms with E-state index in [1.165, 1.54) is 0 Å². The van der Waals surface area contributed by atoms with Crippen LogP contribution in [-0.4, -0.2) is 50.6 Å². The average Bonchev–Trinajstić information content (AvgIpc) is 2.39. The standard InChI is InChI=1S/C13H27NO4/c1-4-13(5-2,11-15)10-14-7-8-17-9-12(16)18-6-3/h14-15H,4-11H2,1-3H3. The molecule has 0 bridgehead atoms. The molecular weight excluding hydrogens is 234 g/mol. The van der Waals surface area contributed by atoms with Crippen molar-refractivity contribution in [2.75, 3.05) is 39.5 Å². The molecule has 0 aliphatic heterocycles. The maximum atomic E-state index is 11.0. The first-order chi connectivity index (χ1) is 8.64. The number of hydrogen-bond acceptors (Lipinski definition) is 5. The van der Waals surface area contributed by atoms with Crippen molar-refractivity contribution in [2.24, 2.45) is 5.41 Å². The van der Waals surface area contributed by atoms with Gasteiger partial charge >= 0.3 is 5.97 Å². The van der Waals surface area contributed by atoms with Crippen molar-refractivity contribution in [2.45, 2.75) is 33.6 Å². The number of aliphatic hydroxyl groups is 1. The molecule has 0 aromatic rings. The molecule has 0 rings (SSSR count). The van der Waals surface area contributed by atoms with Gasteiger partial charge in [-0.15, -0.1) is 0 Å². The Kier molecular flexibility index (Phi) is 9.92. The van der Waals surface area contributed by atoms with E-state index in [1.54, 1.807) is 6.92 Å². The molecule has 0 aromatic carbocycles. The van der Waals surface area contributed by atoms with Crippen molar-refractivity contribution in [1.82, 2.24) is 5.32 Å². The highest BCUT2D eigenvalue weighted by Gasteiger charge is 2.24. The van der Waals surface area contributed by atoms with Gasteiger partial charge in [-0.1, -0.05) is 13.8 Å². The van der Waals surface area contributed by atoms with Crippen LogP contribution in [0.15, 0.2) is 0 Å². The zero-order valence-corrected chi connectivity index (χ0v) is 11.8. The Morgan fingerprint density at radius 3 is 2.44 bits per heavy atom. The lowest BCUT2D eigenvalue weighted by Crippen LogP contribution is -2.38. The van der Waals surface area contributed by atoms with Gasteiger partial charge < -0.3 is 19.9 Å². The number of carbonyl (C=O) groups is 1. The summed E-state index contributed by atoms with van der Waals surface area (Å²) in [6.45, 7) is 8.40. The molecular formula is C13H27NO4. The lowest BCUT2D eigenvalue weighted by atomic mass is 9.83. The van der Waals surface area contributed by atoms with Gasteiger partial charge in [0.15, 0.2) is 0 Å². The summed E-state index contributed by atoms with van der Waals surface area (Å²) in [6.07, 6.45) is 1.88. The molecule has 0 radical (unpaired) electrons. The van der Waals surface area contributed by atoms with Gasteiger partial charge in [-0.25, -0.2) is 4.79 Å². The highest BCUT2D eigenvalue weighted by atomic mass is 16.6. The molecule has 0 unspecified atom stereocenters. The number of ether oxygens (including phenoxy) is 2. The summed E-state index contributed by atoms with van der Waals surface area (Å²) in [6, 6.07) is 0. The summed E-state index contributed by atoms with van der Waals surface area (Å²) in [5, 5.41) is 12.6. The topological polar surface area (TPSA) is 67.8 Å². The summed E-state index contributed by atoms with van der Waals surface area (Å²) in [5.74, 6) is -0.329. The fraction of sp³-hybridized carbons (Fsp3) is 0.923. The molecule has 108 valence electrons. The monoisotopic (exact) mass is 261 g/mol. The molecule has 0 aliphatic rings. The second-order valence-corrected chi connectivity index (χ2v) is 4.40. The SMILES string of the molecule is CCOC(=O)COCCNCC(CC)(CC)CO. The van der Waals surface area contributed by atoms with Gasteiger partial charge in [0.2, 0.25) is 0 Å². The smallest absolute Gasteiger partial charge is 0.332 e. The van der Waals surface area contributed by atoms with Gasteiger partial charge in [0.05, 0.1) is 13.2 Å². The van der Waals surface area contributed by atoms with Gasteiger partial charge in [-0.05, 0) is 19.8 Å². The Labute approximate surface area is 110 Å². The van der Waals surface area contributed by atoms with E-state index in [0.717, 1.165) is 19.4 Å². The number of esters is 1. The number of nitrogens with one attached hydrogen (secondary N) is 1. The van der Waals surface area contributed by atoms with E-state index in [9.17, 15) is 9.90 Å². The van der Waals surface area contributed by atoms with Crippen LogP contribution in [0.1, 0.15) is 33.6 Å². The predicted octanol–water partition coefficient (Wildman–Crippen LogP) is 0.954. The molecule has 5 nitrogen and oxygen atoms in total. The second kappa shape index (κ2) is 10.3. The van der Waals surface area contributed by atoms with Crippen LogP contribution in [0, 0.1) is 5.41 Å². The Hall–Kier alpha value is -0.650. The van der Waals surface area contributed by atoms with Crippen LogP contribution in [0.4, 0.5) is 0 Å². The minimum absolute atomic E-state index is 0.00220. The van der Waals surface area contributed by atoms with Crippen molar-refractivity contribution < 1.29 is 19.4 Å². The van der Waals surface area contributed by atoms with Crippen molar-refractivity contribution in [3.63, 3.8) is 0 Å². The van der Waals surface area contributed by atoms with Gasteiger partial charge in [0.1, 0.15) is 6.61 Å². The molecule has 5 heteroatoms. The number of carbonyl (C=O) groups excluding carboxylic acids is 1. The first kappa shape index (κ1) is 17.4. The van der Waals surface area contributed by atoms with Crippen molar-refractivity contribution in [1.29, 1.82) is 0 Å². The van der Waals surface area contributed by atoms with Crippen LogP contribution in [0.2, 0.25) is 0 Å². The molecule has 0 saturated carbocycles. The van der Waals surface area contributed by atoms with Crippen molar-refractivity contribution >= 4 is 5.97 Å². The van der Waals surface area contributed by atoms with E-state index in [0.29, 0.717) is 19.8 Å². The van der Waals surface area contributed by atoms with E-state index < -0.39 is 0 Å². The molecule has 0 aromatic heterocycles. The second-order valence-electron chi connectivity index (χ2n) is 4.40. The van der Waals surface area contributed by atoms with E-state index >= 15 is 0 Å². The Bertz CT molecular complexity index is 209. The first-order valence-corrected chi connectivity index (χ1v) is 6.69. The molecule has 0 amide bonds. The van der Waals surface area contributed by atoms with Gasteiger partial charge in [-0.3, -0.25) is 0 Å². The maximum absolute atomic E-state index is 11.0. The van der Waals surface area contributed by atoms with Crippen LogP contribution in [0.3, 0.4) is 0 Å². The summed E-state index contributed by atoms with van der Waals surface area (Å²) in [5.41, 5.74) is -0.0405. The fourth-order valence-corrected chi connectivity index (χ4v) is 1.64. The highest BCUT2D eigenvalue weighted by Crippen LogP contribution is 2.24. The van der Waals surface area contributed by atoms with Crippen molar-refractivity contribution in [3.8, 4) is 0 Å². The molecule has 0 saturated heterocycles.